The first-order valence-corrected chi connectivity index (χ1v) is 8.57. The molecule has 1 aromatic carbocycles. The van der Waals surface area contributed by atoms with Gasteiger partial charge in [-0.15, -0.1) is 0 Å². The first-order chi connectivity index (χ1) is 11.7. The molecule has 1 amide bonds. The molecule has 1 saturated heterocycles. The van der Waals surface area contributed by atoms with Gasteiger partial charge in [-0.3, -0.25) is 9.78 Å². The van der Waals surface area contributed by atoms with E-state index in [4.69, 9.17) is 4.74 Å². The Bertz CT molecular complexity index is 647. The minimum atomic E-state index is 0.200. The van der Waals surface area contributed by atoms with E-state index in [-0.39, 0.29) is 5.91 Å². The largest absolute Gasteiger partial charge is 0.487 e. The third kappa shape index (κ3) is 4.57. The Balaban J connectivity index is 1.47. The summed E-state index contributed by atoms with van der Waals surface area (Å²) in [5.74, 6) is 1.67. The van der Waals surface area contributed by atoms with Crippen LogP contribution in [0.2, 0.25) is 0 Å². The third-order valence-corrected chi connectivity index (χ3v) is 4.65. The van der Waals surface area contributed by atoms with Gasteiger partial charge in [0, 0.05) is 26.2 Å². The molecule has 0 saturated carbocycles. The lowest BCUT2D eigenvalue weighted by Gasteiger charge is -2.31. The zero-order valence-electron chi connectivity index (χ0n) is 14.1. The van der Waals surface area contributed by atoms with Crippen molar-refractivity contribution in [2.45, 2.75) is 32.8 Å². The summed E-state index contributed by atoms with van der Waals surface area (Å²) in [7, 11) is 0. The third-order valence-electron chi connectivity index (χ3n) is 4.65. The number of likely N-dealkylation sites (tertiary alicyclic amines) is 1. The van der Waals surface area contributed by atoms with Crippen LogP contribution in [0, 0.1) is 5.92 Å². The van der Waals surface area contributed by atoms with Crippen molar-refractivity contribution in [2.75, 3.05) is 13.1 Å². The van der Waals surface area contributed by atoms with Crippen molar-refractivity contribution in [2.24, 2.45) is 5.92 Å². The lowest BCUT2D eigenvalue weighted by atomic mass is 9.90. The first kappa shape index (κ1) is 16.5. The quantitative estimate of drug-likeness (QED) is 0.846. The van der Waals surface area contributed by atoms with Crippen LogP contribution in [0.5, 0.6) is 5.75 Å². The number of nitrogens with zero attached hydrogens (tertiary/aromatic N) is 2. The van der Waals surface area contributed by atoms with Gasteiger partial charge in [0.1, 0.15) is 12.4 Å². The zero-order valence-corrected chi connectivity index (χ0v) is 14.1. The lowest BCUT2D eigenvalue weighted by molar-refractivity contribution is -0.130. The molecule has 3 rings (SSSR count). The normalized spacial score (nSPS) is 15.3. The Labute approximate surface area is 143 Å². The molecule has 1 aliphatic heterocycles. The van der Waals surface area contributed by atoms with Crippen LogP contribution in [0.1, 0.15) is 30.9 Å². The highest BCUT2D eigenvalue weighted by Crippen LogP contribution is 2.22. The maximum absolute atomic E-state index is 11.4. The monoisotopic (exact) mass is 324 g/mol. The van der Waals surface area contributed by atoms with Crippen LogP contribution in [0.25, 0.3) is 0 Å². The summed E-state index contributed by atoms with van der Waals surface area (Å²) >= 11 is 0. The molecule has 24 heavy (non-hydrogen) atoms. The maximum atomic E-state index is 11.4. The number of hydrogen-bond donors (Lipinski definition) is 0. The molecule has 1 aromatic heterocycles. The maximum Gasteiger partial charge on any atom is 0.219 e. The van der Waals surface area contributed by atoms with Gasteiger partial charge >= 0.3 is 0 Å². The Morgan fingerprint density at radius 1 is 1.17 bits per heavy atom. The number of pyridine rings is 1. The van der Waals surface area contributed by atoms with Gasteiger partial charge in [0.25, 0.3) is 0 Å². The van der Waals surface area contributed by atoms with Crippen LogP contribution < -0.4 is 4.74 Å². The van der Waals surface area contributed by atoms with Crippen molar-refractivity contribution in [1.29, 1.82) is 0 Å². The second-order valence-corrected chi connectivity index (χ2v) is 6.45. The second-order valence-electron chi connectivity index (χ2n) is 6.45. The standard InChI is InChI=1S/C20H24N2O2/c1-16(23)22-11-8-18(9-12-22)13-17-4-6-19(7-5-17)15-24-20-3-2-10-21-14-20/h2-7,10,14,18H,8-9,11-13,15H2,1H3. The van der Waals surface area contributed by atoms with E-state index in [1.165, 1.54) is 5.56 Å². The second kappa shape index (κ2) is 7.95. The van der Waals surface area contributed by atoms with Crippen molar-refractivity contribution in [3.05, 3.63) is 59.9 Å². The van der Waals surface area contributed by atoms with Gasteiger partial charge in [0.15, 0.2) is 0 Å². The number of piperidine rings is 1. The predicted molar refractivity (Wildman–Crippen MR) is 93.7 cm³/mol. The van der Waals surface area contributed by atoms with Gasteiger partial charge in [-0.2, -0.15) is 0 Å². The van der Waals surface area contributed by atoms with Gasteiger partial charge in [-0.1, -0.05) is 24.3 Å². The van der Waals surface area contributed by atoms with E-state index in [0.29, 0.717) is 12.5 Å². The number of rotatable bonds is 5. The summed E-state index contributed by atoms with van der Waals surface area (Å²) in [6.45, 7) is 4.02. The van der Waals surface area contributed by atoms with Gasteiger partial charge in [-0.25, -0.2) is 0 Å². The Kier molecular flexibility index (Phi) is 5.47. The van der Waals surface area contributed by atoms with E-state index in [1.54, 1.807) is 19.3 Å². The number of carbonyl (C=O) groups is 1. The molecule has 2 aromatic rings. The number of benzene rings is 1. The van der Waals surface area contributed by atoms with Crippen molar-refractivity contribution in [1.82, 2.24) is 9.88 Å². The molecule has 0 bridgehead atoms. The Morgan fingerprint density at radius 3 is 2.50 bits per heavy atom. The van der Waals surface area contributed by atoms with Crippen molar-refractivity contribution in [3.63, 3.8) is 0 Å². The smallest absolute Gasteiger partial charge is 0.219 e. The van der Waals surface area contributed by atoms with E-state index in [9.17, 15) is 4.79 Å². The van der Waals surface area contributed by atoms with Gasteiger partial charge < -0.3 is 9.64 Å². The minimum absolute atomic E-state index is 0.200. The van der Waals surface area contributed by atoms with Crippen LogP contribution >= 0.6 is 0 Å². The molecule has 0 aliphatic carbocycles. The number of carbonyl (C=O) groups excluding carboxylic acids is 1. The fourth-order valence-electron chi connectivity index (χ4n) is 3.16. The summed E-state index contributed by atoms with van der Waals surface area (Å²) in [6, 6.07) is 12.4. The van der Waals surface area contributed by atoms with Crippen LogP contribution in [-0.2, 0) is 17.8 Å². The number of amides is 1. The highest BCUT2D eigenvalue weighted by molar-refractivity contribution is 5.73. The molecule has 126 valence electrons. The molecule has 1 aliphatic rings. The van der Waals surface area contributed by atoms with Gasteiger partial charge in [0.05, 0.1) is 6.20 Å². The first-order valence-electron chi connectivity index (χ1n) is 8.57. The Morgan fingerprint density at radius 2 is 1.88 bits per heavy atom. The van der Waals surface area contributed by atoms with Crippen LogP contribution in [0.3, 0.4) is 0 Å². The summed E-state index contributed by atoms with van der Waals surface area (Å²) in [5, 5.41) is 0. The van der Waals surface area contributed by atoms with Crippen LogP contribution in [0.4, 0.5) is 0 Å². The van der Waals surface area contributed by atoms with E-state index in [1.807, 2.05) is 17.0 Å². The molecule has 4 heteroatoms. The zero-order chi connectivity index (χ0) is 16.8. The average Bonchev–Trinajstić information content (AvgIpc) is 2.62. The summed E-state index contributed by atoms with van der Waals surface area (Å²) < 4.78 is 5.72. The molecule has 0 spiro atoms. The number of aromatic nitrogens is 1. The van der Waals surface area contributed by atoms with E-state index < -0.39 is 0 Å². The predicted octanol–water partition coefficient (Wildman–Crippen LogP) is 3.46. The fraction of sp³-hybridized carbons (Fsp3) is 0.400. The lowest BCUT2D eigenvalue weighted by Crippen LogP contribution is -2.37. The molecular weight excluding hydrogens is 300 g/mol. The molecule has 1 fully saturated rings. The topological polar surface area (TPSA) is 42.4 Å². The summed E-state index contributed by atoms with van der Waals surface area (Å²) in [4.78, 5) is 17.4. The highest BCUT2D eigenvalue weighted by atomic mass is 16.5. The molecule has 0 N–H and O–H groups in total. The fourth-order valence-corrected chi connectivity index (χ4v) is 3.16. The van der Waals surface area contributed by atoms with Crippen molar-refractivity contribution in [3.8, 4) is 5.75 Å². The molecular formula is C20H24N2O2. The van der Waals surface area contributed by atoms with Crippen LogP contribution in [-0.4, -0.2) is 28.9 Å². The van der Waals surface area contributed by atoms with Crippen LogP contribution in [0.15, 0.2) is 48.8 Å². The Hall–Kier alpha value is -2.36. The average molecular weight is 324 g/mol. The van der Waals surface area contributed by atoms with E-state index in [2.05, 4.69) is 29.2 Å². The summed E-state index contributed by atoms with van der Waals surface area (Å²) in [5.41, 5.74) is 2.52. The van der Waals surface area contributed by atoms with Crippen molar-refractivity contribution >= 4 is 5.91 Å². The molecule has 0 unspecified atom stereocenters. The van der Waals surface area contributed by atoms with Gasteiger partial charge in [-0.05, 0) is 48.4 Å². The van der Waals surface area contributed by atoms with E-state index in [0.717, 1.165) is 43.7 Å². The molecule has 0 atom stereocenters. The summed E-state index contributed by atoms with van der Waals surface area (Å²) in [6.07, 6.45) is 6.76. The van der Waals surface area contributed by atoms with Gasteiger partial charge in [0.2, 0.25) is 5.91 Å². The molecule has 2 heterocycles. The number of hydrogen-bond acceptors (Lipinski definition) is 3. The van der Waals surface area contributed by atoms with Crippen molar-refractivity contribution < 1.29 is 9.53 Å². The van der Waals surface area contributed by atoms with E-state index >= 15 is 0 Å². The molecule has 0 radical (unpaired) electrons. The number of ether oxygens (including phenoxy) is 1. The highest BCUT2D eigenvalue weighted by Gasteiger charge is 2.20. The molecule has 4 nitrogen and oxygen atoms in total. The minimum Gasteiger partial charge on any atom is -0.487 e. The SMILES string of the molecule is CC(=O)N1CCC(Cc2ccc(COc3cccnc3)cc2)CC1.